The highest BCUT2D eigenvalue weighted by Gasteiger charge is 2.49. The molecule has 10 nitrogen and oxygen atoms in total. The van der Waals surface area contributed by atoms with Crippen LogP contribution in [0.2, 0.25) is 0 Å². The van der Waals surface area contributed by atoms with Gasteiger partial charge in [-0.05, 0) is 43.9 Å². The third kappa shape index (κ3) is 4.34. The van der Waals surface area contributed by atoms with Crippen molar-refractivity contribution in [1.82, 2.24) is 18.9 Å². The summed E-state index contributed by atoms with van der Waals surface area (Å²) in [5.74, 6) is -0.568. The maximum atomic E-state index is 12.8. The molecule has 1 aliphatic rings. The van der Waals surface area contributed by atoms with E-state index in [2.05, 4.69) is 9.17 Å². The lowest BCUT2D eigenvalue weighted by atomic mass is 10.2. The zero-order chi connectivity index (χ0) is 26.7. The highest BCUT2D eigenvalue weighted by Crippen LogP contribution is 2.38. The Morgan fingerprint density at radius 1 is 1.14 bits per heavy atom. The molecule has 1 fully saturated rings. The highest BCUT2D eigenvalue weighted by atomic mass is 32.2. The van der Waals surface area contributed by atoms with E-state index in [1.165, 1.54) is 26.4 Å². The van der Waals surface area contributed by atoms with Crippen LogP contribution in [-0.2, 0) is 21.4 Å². The van der Waals surface area contributed by atoms with Gasteiger partial charge in [-0.1, -0.05) is 0 Å². The van der Waals surface area contributed by atoms with Crippen LogP contribution in [0, 0.1) is 12.8 Å². The number of pyridine rings is 2. The molecule has 5 rings (SSSR count). The van der Waals surface area contributed by atoms with E-state index in [1.54, 1.807) is 21.1 Å². The van der Waals surface area contributed by atoms with Gasteiger partial charge in [-0.25, -0.2) is 9.78 Å². The van der Waals surface area contributed by atoms with Gasteiger partial charge >= 0.3 is 21.6 Å². The molecule has 4 heterocycles. The van der Waals surface area contributed by atoms with Crippen molar-refractivity contribution in [2.24, 2.45) is 5.92 Å². The number of hydrogen-bond acceptors (Lipinski definition) is 8. The van der Waals surface area contributed by atoms with Crippen LogP contribution >= 0.6 is 0 Å². The number of carbonyl (C=O) groups is 1. The van der Waals surface area contributed by atoms with E-state index >= 15 is 0 Å². The number of imidazole rings is 1. The number of rotatable bonds is 7. The minimum absolute atomic E-state index is 0.247. The van der Waals surface area contributed by atoms with E-state index in [-0.39, 0.29) is 11.2 Å². The monoisotopic (exact) mass is 538 g/mol. The number of carbonyl (C=O) groups excluding carboxylic acids is 1. The summed E-state index contributed by atoms with van der Waals surface area (Å²) in [5.41, 5.74) is -2.83. The first-order valence-corrected chi connectivity index (χ1v) is 12.5. The van der Waals surface area contributed by atoms with Crippen LogP contribution in [0.5, 0.6) is 11.8 Å². The summed E-state index contributed by atoms with van der Waals surface area (Å²) in [4.78, 5) is 21.0. The minimum atomic E-state index is -5.87. The number of ether oxygens (including phenoxy) is 2. The molecule has 0 amide bonds. The fourth-order valence-electron chi connectivity index (χ4n) is 4.16. The predicted molar refractivity (Wildman–Crippen MR) is 125 cm³/mol. The molecule has 4 aromatic heterocycles. The molecule has 0 aromatic carbocycles. The summed E-state index contributed by atoms with van der Waals surface area (Å²) in [7, 11) is -3.15. The molecule has 1 aliphatic carbocycles. The molecule has 0 atom stereocenters. The predicted octanol–water partition coefficient (Wildman–Crippen LogP) is 4.09. The lowest BCUT2D eigenvalue weighted by Gasteiger charge is -2.11. The number of alkyl halides is 3. The van der Waals surface area contributed by atoms with Gasteiger partial charge in [0.2, 0.25) is 5.88 Å². The van der Waals surface area contributed by atoms with Crippen LogP contribution in [0.25, 0.3) is 28.1 Å². The van der Waals surface area contributed by atoms with Crippen molar-refractivity contribution in [2.75, 3.05) is 14.2 Å². The lowest BCUT2D eigenvalue weighted by molar-refractivity contribution is -0.0501. The second kappa shape index (κ2) is 8.64. The van der Waals surface area contributed by atoms with Gasteiger partial charge in [0.1, 0.15) is 17.0 Å². The maximum Gasteiger partial charge on any atom is 0.534 e. The minimum Gasteiger partial charge on any atom is -0.482 e. The molecule has 0 bridgehead atoms. The van der Waals surface area contributed by atoms with E-state index in [4.69, 9.17) is 14.5 Å². The fourth-order valence-corrected chi connectivity index (χ4v) is 4.57. The molecular formula is C23H21F3N4O6S. The first-order chi connectivity index (χ1) is 17.4. The Morgan fingerprint density at radius 2 is 1.86 bits per heavy atom. The molecule has 37 heavy (non-hydrogen) atoms. The number of aromatic nitrogens is 4. The molecule has 0 N–H and O–H groups in total. The van der Waals surface area contributed by atoms with Gasteiger partial charge in [0, 0.05) is 24.1 Å². The Kier molecular flexibility index (Phi) is 5.81. The van der Waals surface area contributed by atoms with Crippen molar-refractivity contribution in [1.29, 1.82) is 0 Å². The number of nitrogens with zero attached hydrogens (tertiary/aromatic N) is 4. The smallest absolute Gasteiger partial charge is 0.482 e. The quantitative estimate of drug-likeness (QED) is 0.196. The lowest BCUT2D eigenvalue weighted by Crippen LogP contribution is -2.28. The topological polar surface area (TPSA) is 114 Å². The van der Waals surface area contributed by atoms with Crippen molar-refractivity contribution in [3.05, 3.63) is 41.6 Å². The largest absolute Gasteiger partial charge is 0.534 e. The van der Waals surface area contributed by atoms with Gasteiger partial charge in [-0.15, -0.1) is 0 Å². The van der Waals surface area contributed by atoms with E-state index in [0.29, 0.717) is 46.5 Å². The molecule has 1 saturated carbocycles. The zero-order valence-electron chi connectivity index (χ0n) is 19.9. The van der Waals surface area contributed by atoms with Crippen LogP contribution in [0.3, 0.4) is 0 Å². The Bertz CT molecular complexity index is 1650. The van der Waals surface area contributed by atoms with Crippen LogP contribution in [0.4, 0.5) is 13.2 Å². The Morgan fingerprint density at radius 3 is 2.49 bits per heavy atom. The molecule has 0 saturated heterocycles. The number of halogens is 3. The van der Waals surface area contributed by atoms with Crippen molar-refractivity contribution < 1.29 is 40.0 Å². The van der Waals surface area contributed by atoms with Crippen LogP contribution in [-0.4, -0.2) is 53.1 Å². The molecule has 14 heteroatoms. The van der Waals surface area contributed by atoms with E-state index in [1.807, 2.05) is 6.92 Å². The number of esters is 1. The summed E-state index contributed by atoms with van der Waals surface area (Å²) in [5, 5.41) is 0.561. The van der Waals surface area contributed by atoms with Crippen LogP contribution in [0.1, 0.15) is 28.9 Å². The highest BCUT2D eigenvalue weighted by molar-refractivity contribution is 7.87. The second-order valence-corrected chi connectivity index (χ2v) is 10.2. The summed E-state index contributed by atoms with van der Waals surface area (Å²) in [6.07, 6.45) is 1.94. The van der Waals surface area contributed by atoms with Gasteiger partial charge in [0.15, 0.2) is 5.88 Å². The first kappa shape index (κ1) is 24.9. The number of methoxy groups -OCH3 is 2. The third-order valence-electron chi connectivity index (χ3n) is 6.13. The number of aryl methyl sites for hydroxylation is 1. The molecule has 0 spiro atoms. The van der Waals surface area contributed by atoms with Gasteiger partial charge in [-0.2, -0.15) is 26.6 Å². The summed E-state index contributed by atoms with van der Waals surface area (Å²) in [6.45, 7) is 2.31. The molecule has 196 valence electrons. The molecule has 4 aromatic rings. The molecule has 0 radical (unpaired) electrons. The maximum absolute atomic E-state index is 12.8. The van der Waals surface area contributed by atoms with Gasteiger partial charge in [0.05, 0.1) is 31.2 Å². The van der Waals surface area contributed by atoms with E-state index in [0.717, 1.165) is 18.9 Å². The molecule has 0 aliphatic heterocycles. The van der Waals surface area contributed by atoms with Crippen LogP contribution in [0.15, 0.2) is 30.3 Å². The van der Waals surface area contributed by atoms with E-state index < -0.39 is 27.5 Å². The molecule has 0 unspecified atom stereocenters. The number of fused-ring (bicyclic) bond motifs is 2. The Hall–Kier alpha value is -3.81. The molecular weight excluding hydrogens is 517 g/mol. The zero-order valence-corrected chi connectivity index (χ0v) is 20.7. The van der Waals surface area contributed by atoms with Crippen LogP contribution < -0.4 is 8.92 Å². The standard InChI is InChI=1S/C23H21F3N4O6S/c1-12-20(27-17-9-15(22(31)35-3)10-19(34-2)30(12)17)16-8-14-6-7-18(36-37(32,33)23(24,25)26)28-21(14)29(16)11-13-4-5-13/h6-10,13H,4-5,11H2,1-3H3. The van der Waals surface area contributed by atoms with Gasteiger partial charge < -0.3 is 18.2 Å². The summed E-state index contributed by atoms with van der Waals surface area (Å²) < 4.78 is 79.6. The second-order valence-electron chi connectivity index (χ2n) is 8.65. The van der Waals surface area contributed by atoms with Crippen molar-refractivity contribution in [3.8, 4) is 23.1 Å². The average molecular weight is 539 g/mol. The van der Waals surface area contributed by atoms with Gasteiger partial charge in [-0.3, -0.25) is 4.40 Å². The summed E-state index contributed by atoms with van der Waals surface area (Å²) >= 11 is 0. The SMILES string of the molecule is COC(=O)c1cc(OC)n2c(C)c(-c3cc4ccc(OS(=O)(=O)C(F)(F)F)nc4n3CC3CC3)nc2c1. The Labute approximate surface area is 208 Å². The van der Waals surface area contributed by atoms with Crippen molar-refractivity contribution >= 4 is 32.8 Å². The third-order valence-corrected chi connectivity index (χ3v) is 7.08. The normalized spacial score (nSPS) is 14.3. The summed E-state index contributed by atoms with van der Waals surface area (Å²) in [6, 6.07) is 7.38. The van der Waals surface area contributed by atoms with Crippen molar-refractivity contribution in [2.45, 2.75) is 31.8 Å². The average Bonchev–Trinajstić information content (AvgIpc) is 3.52. The van der Waals surface area contributed by atoms with Crippen molar-refractivity contribution in [3.63, 3.8) is 0 Å². The number of hydrogen-bond donors (Lipinski definition) is 0. The first-order valence-electron chi connectivity index (χ1n) is 11.1. The van der Waals surface area contributed by atoms with Gasteiger partial charge in [0.25, 0.3) is 0 Å². The fraction of sp³-hybridized carbons (Fsp3) is 0.348. The van der Waals surface area contributed by atoms with E-state index in [9.17, 15) is 26.4 Å². The Balaban J connectivity index is 1.68.